The van der Waals surface area contributed by atoms with Crippen LogP contribution in [0, 0.1) is 11.3 Å². The van der Waals surface area contributed by atoms with Crippen molar-refractivity contribution in [2.75, 3.05) is 0 Å². The molecule has 0 saturated heterocycles. The molecule has 1 aliphatic rings. The Kier molecular flexibility index (Phi) is 3.04. The van der Waals surface area contributed by atoms with Crippen LogP contribution in [-0.4, -0.2) is 14.8 Å². The molecule has 1 aromatic heterocycles. The SMILES string of the molecule is Cn1cnnc1C1CCC(C(C)(C)C)CC1. The zero-order valence-electron chi connectivity index (χ0n) is 10.9. The molecule has 1 fully saturated rings. The summed E-state index contributed by atoms with van der Waals surface area (Å²) in [6.07, 6.45) is 7.02. The van der Waals surface area contributed by atoms with Crippen LogP contribution < -0.4 is 0 Å². The summed E-state index contributed by atoms with van der Waals surface area (Å²) in [5.41, 5.74) is 0.463. The monoisotopic (exact) mass is 221 g/mol. The van der Waals surface area contributed by atoms with Crippen molar-refractivity contribution in [1.29, 1.82) is 0 Å². The van der Waals surface area contributed by atoms with Crippen LogP contribution in [0.4, 0.5) is 0 Å². The summed E-state index contributed by atoms with van der Waals surface area (Å²) in [6, 6.07) is 0. The topological polar surface area (TPSA) is 30.7 Å². The normalized spacial score (nSPS) is 27.0. The van der Waals surface area contributed by atoms with Crippen LogP contribution in [0.5, 0.6) is 0 Å². The highest BCUT2D eigenvalue weighted by Crippen LogP contribution is 2.42. The van der Waals surface area contributed by atoms with Gasteiger partial charge in [0.1, 0.15) is 12.2 Å². The van der Waals surface area contributed by atoms with E-state index < -0.39 is 0 Å². The van der Waals surface area contributed by atoms with Crippen LogP contribution >= 0.6 is 0 Å². The van der Waals surface area contributed by atoms with E-state index in [1.807, 2.05) is 13.4 Å². The number of aromatic nitrogens is 3. The van der Waals surface area contributed by atoms with E-state index in [9.17, 15) is 0 Å². The zero-order chi connectivity index (χ0) is 11.8. The molecule has 0 radical (unpaired) electrons. The molecule has 0 amide bonds. The molecule has 3 nitrogen and oxygen atoms in total. The largest absolute Gasteiger partial charge is 0.320 e. The van der Waals surface area contributed by atoms with Crippen LogP contribution in [0.15, 0.2) is 6.33 Å². The lowest BCUT2D eigenvalue weighted by atomic mass is 9.70. The van der Waals surface area contributed by atoms with Gasteiger partial charge in [-0.3, -0.25) is 0 Å². The van der Waals surface area contributed by atoms with Gasteiger partial charge in [-0.05, 0) is 37.0 Å². The second-order valence-corrected chi connectivity index (χ2v) is 6.21. The van der Waals surface area contributed by atoms with E-state index in [2.05, 4.69) is 35.5 Å². The van der Waals surface area contributed by atoms with Gasteiger partial charge in [-0.1, -0.05) is 20.8 Å². The smallest absolute Gasteiger partial charge is 0.135 e. The van der Waals surface area contributed by atoms with E-state index in [1.165, 1.54) is 31.5 Å². The van der Waals surface area contributed by atoms with Crippen molar-refractivity contribution >= 4 is 0 Å². The third-order valence-electron chi connectivity index (χ3n) is 4.06. The molecule has 16 heavy (non-hydrogen) atoms. The van der Waals surface area contributed by atoms with Gasteiger partial charge in [0, 0.05) is 13.0 Å². The Morgan fingerprint density at radius 1 is 1.19 bits per heavy atom. The van der Waals surface area contributed by atoms with Crippen molar-refractivity contribution in [3.8, 4) is 0 Å². The lowest BCUT2D eigenvalue weighted by molar-refractivity contribution is 0.166. The molecule has 3 heteroatoms. The number of aryl methyl sites for hydroxylation is 1. The van der Waals surface area contributed by atoms with Crippen molar-refractivity contribution in [2.24, 2.45) is 18.4 Å². The van der Waals surface area contributed by atoms with Crippen LogP contribution in [0.1, 0.15) is 58.2 Å². The number of nitrogens with zero attached hydrogens (tertiary/aromatic N) is 3. The predicted molar refractivity (Wildman–Crippen MR) is 65.2 cm³/mol. The lowest BCUT2D eigenvalue weighted by Crippen LogP contribution is -2.26. The van der Waals surface area contributed by atoms with Crippen molar-refractivity contribution < 1.29 is 0 Å². The maximum Gasteiger partial charge on any atom is 0.135 e. The second-order valence-electron chi connectivity index (χ2n) is 6.21. The number of hydrogen-bond acceptors (Lipinski definition) is 2. The first kappa shape index (κ1) is 11.6. The molecule has 0 bridgehead atoms. The number of rotatable bonds is 1. The van der Waals surface area contributed by atoms with Gasteiger partial charge in [0.2, 0.25) is 0 Å². The van der Waals surface area contributed by atoms with E-state index in [4.69, 9.17) is 0 Å². The van der Waals surface area contributed by atoms with E-state index >= 15 is 0 Å². The summed E-state index contributed by atoms with van der Waals surface area (Å²) in [5, 5.41) is 8.22. The fourth-order valence-electron chi connectivity index (χ4n) is 2.88. The quantitative estimate of drug-likeness (QED) is 0.729. The van der Waals surface area contributed by atoms with Crippen molar-refractivity contribution in [3.63, 3.8) is 0 Å². The van der Waals surface area contributed by atoms with Crippen LogP contribution in [0.2, 0.25) is 0 Å². The summed E-state index contributed by atoms with van der Waals surface area (Å²) in [4.78, 5) is 0. The summed E-state index contributed by atoms with van der Waals surface area (Å²) >= 11 is 0. The first-order valence-electron chi connectivity index (χ1n) is 6.32. The van der Waals surface area contributed by atoms with Crippen LogP contribution in [-0.2, 0) is 7.05 Å². The predicted octanol–water partition coefficient (Wildman–Crippen LogP) is 3.14. The molecular weight excluding hydrogens is 198 g/mol. The molecular formula is C13H23N3. The minimum absolute atomic E-state index is 0.463. The van der Waals surface area contributed by atoms with Crippen molar-refractivity contribution in [1.82, 2.24) is 14.8 Å². The van der Waals surface area contributed by atoms with Gasteiger partial charge in [-0.2, -0.15) is 0 Å². The fraction of sp³-hybridized carbons (Fsp3) is 0.846. The molecule has 0 unspecified atom stereocenters. The molecule has 1 aliphatic carbocycles. The lowest BCUT2D eigenvalue weighted by Gasteiger charge is -2.36. The average Bonchev–Trinajstić information content (AvgIpc) is 2.63. The Hall–Kier alpha value is -0.860. The van der Waals surface area contributed by atoms with Gasteiger partial charge in [0.25, 0.3) is 0 Å². The van der Waals surface area contributed by atoms with Crippen LogP contribution in [0.25, 0.3) is 0 Å². The summed E-state index contributed by atoms with van der Waals surface area (Å²) < 4.78 is 2.07. The molecule has 0 aromatic carbocycles. The van der Waals surface area contributed by atoms with Crippen molar-refractivity contribution in [3.05, 3.63) is 12.2 Å². The molecule has 0 spiro atoms. The van der Waals surface area contributed by atoms with Crippen LogP contribution in [0.3, 0.4) is 0 Å². The minimum atomic E-state index is 0.463. The van der Waals surface area contributed by atoms with E-state index in [1.54, 1.807) is 0 Å². The summed E-state index contributed by atoms with van der Waals surface area (Å²) in [5.74, 6) is 2.68. The first-order chi connectivity index (χ1) is 7.48. The van der Waals surface area contributed by atoms with E-state index in [0.29, 0.717) is 11.3 Å². The van der Waals surface area contributed by atoms with E-state index in [-0.39, 0.29) is 0 Å². The molecule has 90 valence electrons. The molecule has 1 heterocycles. The van der Waals surface area contributed by atoms with Gasteiger partial charge < -0.3 is 4.57 Å². The maximum absolute atomic E-state index is 4.24. The Morgan fingerprint density at radius 3 is 2.25 bits per heavy atom. The molecule has 1 saturated carbocycles. The minimum Gasteiger partial charge on any atom is -0.320 e. The molecule has 0 atom stereocenters. The molecule has 2 rings (SSSR count). The zero-order valence-corrected chi connectivity index (χ0v) is 10.9. The Balaban J connectivity index is 1.98. The van der Waals surface area contributed by atoms with Gasteiger partial charge >= 0.3 is 0 Å². The molecule has 0 aliphatic heterocycles. The van der Waals surface area contributed by atoms with Crippen molar-refractivity contribution in [2.45, 2.75) is 52.4 Å². The van der Waals surface area contributed by atoms with E-state index in [0.717, 1.165) is 5.92 Å². The third-order valence-corrected chi connectivity index (χ3v) is 4.06. The molecule has 0 N–H and O–H groups in total. The summed E-state index contributed by atoms with van der Waals surface area (Å²) in [6.45, 7) is 7.08. The highest BCUT2D eigenvalue weighted by Gasteiger charge is 2.31. The first-order valence-corrected chi connectivity index (χ1v) is 6.32. The summed E-state index contributed by atoms with van der Waals surface area (Å²) in [7, 11) is 2.05. The Bertz CT molecular complexity index is 340. The van der Waals surface area contributed by atoms with Gasteiger partial charge in [-0.25, -0.2) is 0 Å². The van der Waals surface area contributed by atoms with Gasteiger partial charge in [0.15, 0.2) is 0 Å². The number of hydrogen-bond donors (Lipinski definition) is 0. The van der Waals surface area contributed by atoms with Gasteiger partial charge in [0.05, 0.1) is 0 Å². The average molecular weight is 221 g/mol. The second kappa shape index (κ2) is 4.19. The maximum atomic E-state index is 4.24. The third kappa shape index (κ3) is 2.28. The highest BCUT2D eigenvalue weighted by atomic mass is 15.2. The highest BCUT2D eigenvalue weighted by molar-refractivity contribution is 4.98. The fourth-order valence-corrected chi connectivity index (χ4v) is 2.88. The van der Waals surface area contributed by atoms with Gasteiger partial charge in [-0.15, -0.1) is 10.2 Å². The Morgan fingerprint density at radius 2 is 1.81 bits per heavy atom. The molecule has 1 aromatic rings. The Labute approximate surface area is 98.3 Å². The standard InChI is InChI=1S/C13H23N3/c1-13(2,3)11-7-5-10(6-8-11)12-15-14-9-16(12)4/h9-11H,5-8H2,1-4H3.